The van der Waals surface area contributed by atoms with Gasteiger partial charge in [0.25, 0.3) is 0 Å². The minimum Gasteiger partial charge on any atom is -0.455 e. The lowest BCUT2D eigenvalue weighted by Gasteiger charge is -2.18. The SMILES string of the molecule is [2H]c1c([2H])c([2H])c(-c2cccc3c(-c4c5c([2H])c([2H])c([2H])c([2H])c5c(-c5ccccc5)c5c([2H])c([2H])c([2H])c([2H])c45)c(-c4ccc(-c5ccccc5)cc4)oc23)c([2H])c1[2H]. The molecule has 1 heteroatoms. The van der Waals surface area contributed by atoms with Crippen molar-refractivity contribution in [2.24, 2.45) is 0 Å². The summed E-state index contributed by atoms with van der Waals surface area (Å²) in [5.41, 5.74) is 3.35. The molecule has 0 aliphatic rings. The van der Waals surface area contributed by atoms with Gasteiger partial charge in [0, 0.05) is 27.6 Å². The molecule has 0 radical (unpaired) electrons. The molecule has 9 rings (SSSR count). The number of fused-ring (bicyclic) bond motifs is 3. The van der Waals surface area contributed by atoms with E-state index < -0.39 is 78.6 Å². The van der Waals surface area contributed by atoms with E-state index >= 15 is 0 Å². The molecule has 0 N–H and O–H groups in total. The molecule has 0 spiro atoms. The van der Waals surface area contributed by atoms with Crippen LogP contribution in [0.3, 0.4) is 0 Å². The van der Waals surface area contributed by atoms with Crippen molar-refractivity contribution in [1.82, 2.24) is 0 Å². The highest BCUT2D eigenvalue weighted by atomic mass is 16.3. The quantitative estimate of drug-likeness (QED) is 0.176. The van der Waals surface area contributed by atoms with Crippen LogP contribution in [0.5, 0.6) is 0 Å². The number of rotatable bonds is 5. The highest BCUT2D eigenvalue weighted by Crippen LogP contribution is 2.50. The fourth-order valence-electron chi connectivity index (χ4n) is 6.37. The second-order valence-electron chi connectivity index (χ2n) is 11.0. The molecule has 0 fully saturated rings. The van der Waals surface area contributed by atoms with Crippen molar-refractivity contribution in [1.29, 1.82) is 0 Å². The Balaban J connectivity index is 1.54. The van der Waals surface area contributed by atoms with Gasteiger partial charge in [-0.3, -0.25) is 0 Å². The van der Waals surface area contributed by atoms with Crippen LogP contribution in [0.25, 0.3) is 88.3 Å². The molecular weight excluding hydrogens is 569 g/mol. The lowest BCUT2D eigenvalue weighted by atomic mass is 9.84. The highest BCUT2D eigenvalue weighted by molar-refractivity contribution is 6.25. The standard InChI is InChI=1S/C46H30O/c1-4-15-31(16-5-1)32-27-29-35(30-28-32)45-44(41-26-14-25-36(46(41)47-45)33-17-6-2-7-18-33)43-39-23-12-10-21-37(39)42(34-19-8-3-9-20-34)38-22-11-13-24-40(38)43/h1-30H/i2D,6D,7D,10D,11D,12D,13D,17D,18D,21D,22D,23D,24D. The number of furan rings is 1. The monoisotopic (exact) mass is 611 g/mol. The molecule has 0 atom stereocenters. The van der Waals surface area contributed by atoms with Gasteiger partial charge in [0.15, 0.2) is 0 Å². The van der Waals surface area contributed by atoms with E-state index in [1.807, 2.05) is 42.5 Å². The Bertz CT molecular complexity index is 3160. The van der Waals surface area contributed by atoms with Crippen molar-refractivity contribution in [2.45, 2.75) is 0 Å². The Kier molecular flexibility index (Phi) is 4.08. The summed E-state index contributed by atoms with van der Waals surface area (Å²) in [7, 11) is 0. The third kappa shape index (κ3) is 4.56. The van der Waals surface area contributed by atoms with Crippen molar-refractivity contribution in [3.05, 3.63) is 182 Å². The molecule has 0 saturated carbocycles. The topological polar surface area (TPSA) is 13.1 Å². The molecule has 0 amide bonds. The van der Waals surface area contributed by atoms with Gasteiger partial charge in [0.2, 0.25) is 0 Å². The molecule has 8 aromatic carbocycles. The predicted molar refractivity (Wildman–Crippen MR) is 198 cm³/mol. The lowest BCUT2D eigenvalue weighted by molar-refractivity contribution is 0.633. The summed E-state index contributed by atoms with van der Waals surface area (Å²) in [5, 5.41) is 0.324. The van der Waals surface area contributed by atoms with E-state index in [4.69, 9.17) is 16.8 Å². The van der Waals surface area contributed by atoms with Crippen molar-refractivity contribution in [2.75, 3.05) is 0 Å². The van der Waals surface area contributed by atoms with Crippen molar-refractivity contribution in [3.8, 4) is 55.8 Å². The summed E-state index contributed by atoms with van der Waals surface area (Å²) in [6, 6.07) is 24.1. The maximum Gasteiger partial charge on any atom is 0.143 e. The zero-order valence-corrected chi connectivity index (χ0v) is 24.7. The van der Waals surface area contributed by atoms with Crippen LogP contribution in [0, 0.1) is 0 Å². The number of hydrogen-bond acceptors (Lipinski definition) is 1. The minimum atomic E-state index is -0.569. The summed E-state index contributed by atoms with van der Waals surface area (Å²) < 4.78 is 123. The molecule has 0 bridgehead atoms. The first-order chi connectivity index (χ1) is 28.7. The van der Waals surface area contributed by atoms with Crippen LogP contribution in [-0.2, 0) is 0 Å². The van der Waals surface area contributed by atoms with Crippen LogP contribution in [0.2, 0.25) is 0 Å². The highest BCUT2D eigenvalue weighted by Gasteiger charge is 2.25. The molecule has 0 saturated heterocycles. The van der Waals surface area contributed by atoms with Crippen LogP contribution in [0.4, 0.5) is 0 Å². The first-order valence-corrected chi connectivity index (χ1v) is 15.0. The summed E-state index contributed by atoms with van der Waals surface area (Å²) in [4.78, 5) is 0. The molecule has 1 heterocycles. The zero-order valence-electron chi connectivity index (χ0n) is 37.7. The molecule has 0 unspecified atom stereocenters. The van der Waals surface area contributed by atoms with Gasteiger partial charge in [-0.1, -0.05) is 182 Å². The molecule has 0 aliphatic carbocycles. The number of para-hydroxylation sites is 1. The maximum atomic E-state index is 9.51. The van der Waals surface area contributed by atoms with Gasteiger partial charge in [0.1, 0.15) is 11.3 Å². The fourth-order valence-corrected chi connectivity index (χ4v) is 6.37. The van der Waals surface area contributed by atoms with E-state index in [1.54, 1.807) is 60.7 Å². The fraction of sp³-hybridized carbons (Fsp3) is 0. The normalized spacial score (nSPS) is 15.3. The zero-order chi connectivity index (χ0) is 42.5. The van der Waals surface area contributed by atoms with Gasteiger partial charge in [-0.25, -0.2) is 0 Å². The van der Waals surface area contributed by atoms with Crippen LogP contribution in [0.15, 0.2) is 186 Å². The van der Waals surface area contributed by atoms with Crippen LogP contribution < -0.4 is 0 Å². The van der Waals surface area contributed by atoms with E-state index in [9.17, 15) is 5.48 Å². The summed E-state index contributed by atoms with van der Waals surface area (Å²) >= 11 is 0. The first-order valence-electron chi connectivity index (χ1n) is 21.5. The Morgan fingerprint density at radius 2 is 0.851 bits per heavy atom. The van der Waals surface area contributed by atoms with E-state index in [1.165, 1.54) is 0 Å². The summed E-state index contributed by atoms with van der Waals surface area (Å²) in [6.45, 7) is 0. The molecule has 47 heavy (non-hydrogen) atoms. The largest absolute Gasteiger partial charge is 0.455 e. The second-order valence-corrected chi connectivity index (χ2v) is 11.0. The molecule has 0 aliphatic heterocycles. The summed E-state index contributed by atoms with van der Waals surface area (Å²) in [5.74, 6) is 0.152. The van der Waals surface area contributed by atoms with E-state index in [2.05, 4.69) is 0 Å². The third-order valence-corrected chi connectivity index (χ3v) is 8.43. The van der Waals surface area contributed by atoms with Gasteiger partial charge in [-0.15, -0.1) is 0 Å². The molecular formula is C46H30O. The van der Waals surface area contributed by atoms with E-state index in [0.29, 0.717) is 16.5 Å². The average molecular weight is 612 g/mol. The smallest absolute Gasteiger partial charge is 0.143 e. The summed E-state index contributed by atoms with van der Waals surface area (Å²) in [6.07, 6.45) is 0. The molecule has 9 aromatic rings. The minimum absolute atomic E-state index is 0.0181. The maximum absolute atomic E-state index is 9.51. The Labute approximate surface area is 292 Å². The molecule has 1 nitrogen and oxygen atoms in total. The molecule has 1 aromatic heterocycles. The second kappa shape index (κ2) is 11.3. The number of hydrogen-bond donors (Lipinski definition) is 0. The van der Waals surface area contributed by atoms with Crippen molar-refractivity contribution >= 4 is 32.5 Å². The van der Waals surface area contributed by atoms with Gasteiger partial charge in [-0.2, -0.15) is 0 Å². The van der Waals surface area contributed by atoms with Gasteiger partial charge in [0.05, 0.1) is 17.8 Å². The van der Waals surface area contributed by atoms with Gasteiger partial charge >= 0.3 is 0 Å². The Morgan fingerprint density at radius 3 is 1.47 bits per heavy atom. The van der Waals surface area contributed by atoms with E-state index in [0.717, 1.165) is 11.1 Å². The Hall–Kier alpha value is -6.18. The molecule has 220 valence electrons. The first kappa shape index (κ1) is 16.9. The van der Waals surface area contributed by atoms with Crippen molar-refractivity contribution < 1.29 is 22.2 Å². The van der Waals surface area contributed by atoms with Crippen molar-refractivity contribution in [3.63, 3.8) is 0 Å². The Morgan fingerprint density at radius 1 is 0.340 bits per heavy atom. The predicted octanol–water partition coefficient (Wildman–Crippen LogP) is 13.1. The third-order valence-electron chi connectivity index (χ3n) is 8.43. The van der Waals surface area contributed by atoms with Crippen LogP contribution >= 0.6 is 0 Å². The van der Waals surface area contributed by atoms with Crippen LogP contribution in [-0.4, -0.2) is 0 Å². The van der Waals surface area contributed by atoms with E-state index in [-0.39, 0.29) is 60.7 Å². The van der Waals surface area contributed by atoms with Gasteiger partial charge in [-0.05, 0) is 49.4 Å². The van der Waals surface area contributed by atoms with Gasteiger partial charge < -0.3 is 4.42 Å². The lowest BCUT2D eigenvalue weighted by Crippen LogP contribution is -1.91. The average Bonchev–Trinajstić information content (AvgIpc) is 3.67. The van der Waals surface area contributed by atoms with Crippen LogP contribution in [0.1, 0.15) is 17.8 Å². The number of benzene rings is 8.